The van der Waals surface area contributed by atoms with Gasteiger partial charge in [-0.1, -0.05) is 46.0 Å². The summed E-state index contributed by atoms with van der Waals surface area (Å²) in [4.78, 5) is 12.2. The molecule has 1 fully saturated rings. The Labute approximate surface area is 152 Å². The lowest BCUT2D eigenvalue weighted by Gasteiger charge is -2.34. The molecule has 25 heavy (non-hydrogen) atoms. The van der Waals surface area contributed by atoms with Crippen LogP contribution in [-0.4, -0.2) is 51.4 Å². The highest BCUT2D eigenvalue weighted by Crippen LogP contribution is 2.29. The molecule has 0 aromatic rings. The lowest BCUT2D eigenvalue weighted by molar-refractivity contribution is -0.0894. The monoisotopic (exact) mass is 359 g/mol. The third-order valence-corrected chi connectivity index (χ3v) is 4.81. The summed E-state index contributed by atoms with van der Waals surface area (Å²) in [6, 6.07) is -0.652. The summed E-state index contributed by atoms with van der Waals surface area (Å²) in [5, 5.41) is 33.7. The van der Waals surface area contributed by atoms with Crippen molar-refractivity contribution in [3.63, 3.8) is 0 Å². The molecular weight excluding hydrogens is 322 g/mol. The molecule has 4 atom stereocenters. The van der Waals surface area contributed by atoms with Crippen molar-refractivity contribution in [3.8, 4) is 0 Å². The van der Waals surface area contributed by atoms with E-state index in [2.05, 4.69) is 5.32 Å². The van der Waals surface area contributed by atoms with Crippen LogP contribution in [0.5, 0.6) is 0 Å². The lowest BCUT2D eigenvalue weighted by Crippen LogP contribution is -2.54. The van der Waals surface area contributed by atoms with Gasteiger partial charge in [-0.15, -0.1) is 0 Å². The normalized spacial score (nSPS) is 21.5. The summed E-state index contributed by atoms with van der Waals surface area (Å²) >= 11 is 0. The van der Waals surface area contributed by atoms with Crippen LogP contribution in [0.15, 0.2) is 0 Å². The summed E-state index contributed by atoms with van der Waals surface area (Å²) in [5.41, 5.74) is -0.638. The van der Waals surface area contributed by atoms with Crippen LogP contribution in [0.2, 0.25) is 0 Å². The van der Waals surface area contributed by atoms with Gasteiger partial charge in [0.25, 0.3) is 0 Å². The average molecular weight is 360 g/mol. The summed E-state index contributed by atoms with van der Waals surface area (Å²) in [6.07, 6.45) is 1.98. The average Bonchev–Trinajstić information content (AvgIpc) is 2.51. The van der Waals surface area contributed by atoms with Gasteiger partial charge in [-0.3, -0.25) is 0 Å². The molecule has 148 valence electrons. The number of amides is 1. The second kappa shape index (κ2) is 9.74. The maximum Gasteiger partial charge on any atom is 0.407 e. The van der Waals surface area contributed by atoms with E-state index in [9.17, 15) is 20.1 Å². The molecule has 0 radical (unpaired) electrons. The minimum atomic E-state index is -1.32. The fourth-order valence-corrected chi connectivity index (χ4v) is 3.36. The molecule has 0 aromatic carbocycles. The summed E-state index contributed by atoms with van der Waals surface area (Å²) in [7, 11) is 0. The number of carbonyl (C=O) groups is 1. The number of alkyl carbamates (subject to hydrolysis) is 1. The zero-order valence-corrected chi connectivity index (χ0v) is 16.4. The van der Waals surface area contributed by atoms with E-state index in [4.69, 9.17) is 4.74 Å². The van der Waals surface area contributed by atoms with Crippen molar-refractivity contribution in [1.29, 1.82) is 0 Å². The Bertz CT molecular complexity index is 401. The topological polar surface area (TPSA) is 99.0 Å². The summed E-state index contributed by atoms with van der Waals surface area (Å²) in [5.74, 6) is 0.202. The molecule has 1 aliphatic carbocycles. The fraction of sp³-hybridized carbons (Fsp3) is 0.947. The number of carbonyl (C=O) groups excluding carboxylic acids is 1. The minimum Gasteiger partial charge on any atom is -0.444 e. The van der Waals surface area contributed by atoms with Gasteiger partial charge in [-0.25, -0.2) is 4.79 Å². The highest BCUT2D eigenvalue weighted by atomic mass is 16.6. The van der Waals surface area contributed by atoms with Crippen LogP contribution in [0.25, 0.3) is 0 Å². The van der Waals surface area contributed by atoms with Crippen molar-refractivity contribution in [2.24, 2.45) is 11.8 Å². The lowest BCUT2D eigenvalue weighted by atomic mass is 9.82. The second-order valence-electron chi connectivity index (χ2n) is 8.71. The Morgan fingerprint density at radius 1 is 1.04 bits per heavy atom. The Morgan fingerprint density at radius 3 is 2.08 bits per heavy atom. The third kappa shape index (κ3) is 7.92. The molecule has 0 aromatic heterocycles. The molecule has 0 aliphatic heterocycles. The molecule has 1 aliphatic rings. The number of hydrogen-bond acceptors (Lipinski definition) is 5. The molecule has 6 nitrogen and oxygen atoms in total. The molecule has 1 amide bonds. The second-order valence-corrected chi connectivity index (χ2v) is 8.71. The third-order valence-electron chi connectivity index (χ3n) is 4.81. The van der Waals surface area contributed by atoms with E-state index in [1.165, 1.54) is 6.42 Å². The smallest absolute Gasteiger partial charge is 0.407 e. The maximum absolute atomic E-state index is 12.2. The van der Waals surface area contributed by atoms with Crippen LogP contribution in [-0.2, 0) is 4.74 Å². The van der Waals surface area contributed by atoms with Gasteiger partial charge in [0, 0.05) is 0 Å². The zero-order valence-electron chi connectivity index (χ0n) is 16.4. The number of rotatable bonds is 7. The van der Waals surface area contributed by atoms with Crippen molar-refractivity contribution < 1.29 is 24.9 Å². The van der Waals surface area contributed by atoms with Crippen molar-refractivity contribution in [1.82, 2.24) is 5.32 Å². The molecule has 6 heteroatoms. The van der Waals surface area contributed by atoms with Crippen molar-refractivity contribution >= 4 is 6.09 Å². The van der Waals surface area contributed by atoms with E-state index >= 15 is 0 Å². The zero-order chi connectivity index (χ0) is 19.2. The standard InChI is InChI=1S/C19H37NO5/c1-12(2)15(21)17(23)16(22)14(11-13-9-7-6-8-10-13)20-18(24)25-19(3,4)5/h12-17,21-23H,6-11H2,1-5H3,(H,20,24)/t14-,15?,16?,17?/m0/s1. The maximum atomic E-state index is 12.2. The highest BCUT2D eigenvalue weighted by Gasteiger charge is 2.35. The molecule has 4 N–H and O–H groups in total. The van der Waals surface area contributed by atoms with Crippen LogP contribution in [0.4, 0.5) is 4.79 Å². The molecular formula is C19H37NO5. The molecule has 0 spiro atoms. The molecule has 0 saturated heterocycles. The molecule has 1 saturated carbocycles. The predicted octanol–water partition coefficient (Wildman–Crippen LogP) is 2.59. The minimum absolute atomic E-state index is 0.193. The summed E-state index contributed by atoms with van der Waals surface area (Å²) < 4.78 is 5.29. The first-order chi connectivity index (χ1) is 11.5. The van der Waals surface area contributed by atoms with Gasteiger partial charge in [0.15, 0.2) is 0 Å². The van der Waals surface area contributed by atoms with Crippen LogP contribution in [0.1, 0.15) is 73.1 Å². The first-order valence-electron chi connectivity index (χ1n) is 9.55. The van der Waals surface area contributed by atoms with E-state index in [-0.39, 0.29) is 5.92 Å². The van der Waals surface area contributed by atoms with E-state index in [1.807, 2.05) is 0 Å². The van der Waals surface area contributed by atoms with Gasteiger partial charge >= 0.3 is 6.09 Å². The first kappa shape index (κ1) is 22.2. The van der Waals surface area contributed by atoms with E-state index in [1.54, 1.807) is 34.6 Å². The van der Waals surface area contributed by atoms with E-state index in [0.29, 0.717) is 12.3 Å². The van der Waals surface area contributed by atoms with Crippen molar-refractivity contribution in [2.45, 2.75) is 103 Å². The van der Waals surface area contributed by atoms with Gasteiger partial charge in [0.2, 0.25) is 0 Å². The van der Waals surface area contributed by atoms with E-state index in [0.717, 1.165) is 25.7 Å². The van der Waals surface area contributed by atoms with Gasteiger partial charge < -0.3 is 25.4 Å². The number of ether oxygens (including phenoxy) is 1. The molecule has 0 heterocycles. The fourth-order valence-electron chi connectivity index (χ4n) is 3.36. The summed E-state index contributed by atoms with van der Waals surface area (Å²) in [6.45, 7) is 8.87. The SMILES string of the molecule is CC(C)C(O)C(O)C(O)[C@H](CC1CCCCC1)NC(=O)OC(C)(C)C. The van der Waals surface area contributed by atoms with Gasteiger partial charge in [-0.05, 0) is 39.0 Å². The van der Waals surface area contributed by atoms with Crippen LogP contribution in [0.3, 0.4) is 0 Å². The van der Waals surface area contributed by atoms with Crippen LogP contribution >= 0.6 is 0 Å². The number of aliphatic hydroxyl groups excluding tert-OH is 3. The van der Waals surface area contributed by atoms with Gasteiger partial charge in [-0.2, -0.15) is 0 Å². The number of nitrogens with one attached hydrogen (secondary N) is 1. The Hall–Kier alpha value is -0.850. The van der Waals surface area contributed by atoms with Crippen LogP contribution in [0, 0.1) is 11.8 Å². The first-order valence-corrected chi connectivity index (χ1v) is 9.55. The molecule has 0 bridgehead atoms. The van der Waals surface area contributed by atoms with Crippen LogP contribution < -0.4 is 5.32 Å². The van der Waals surface area contributed by atoms with Crippen molar-refractivity contribution in [2.75, 3.05) is 0 Å². The predicted molar refractivity (Wildman–Crippen MR) is 97.2 cm³/mol. The quantitative estimate of drug-likeness (QED) is 0.560. The van der Waals surface area contributed by atoms with Crippen molar-refractivity contribution in [3.05, 3.63) is 0 Å². The van der Waals surface area contributed by atoms with E-state index < -0.39 is 36.0 Å². The largest absolute Gasteiger partial charge is 0.444 e. The van der Waals surface area contributed by atoms with Gasteiger partial charge in [0.05, 0.1) is 12.1 Å². The number of aliphatic hydroxyl groups is 3. The molecule has 1 rings (SSSR count). The number of hydrogen-bond donors (Lipinski definition) is 4. The Balaban J connectivity index is 2.79. The molecule has 3 unspecified atom stereocenters. The van der Waals surface area contributed by atoms with Gasteiger partial charge in [0.1, 0.15) is 17.8 Å². The highest BCUT2D eigenvalue weighted by molar-refractivity contribution is 5.68. The Morgan fingerprint density at radius 2 is 1.60 bits per heavy atom. The Kier molecular flexibility index (Phi) is 8.64.